The summed E-state index contributed by atoms with van der Waals surface area (Å²) in [6.45, 7) is 7.70. The van der Waals surface area contributed by atoms with E-state index in [1.54, 1.807) is 12.2 Å². The summed E-state index contributed by atoms with van der Waals surface area (Å²) in [4.78, 5) is 10.3. The standard InChI is InChI=1S/C9H14N2O/c1-3-5-8(4-2)6-7-11-9(10)12/h3-5H,1-2,6-7H2,(H3,10,11,12)/b8-5+. The molecule has 0 saturated carbocycles. The number of rotatable bonds is 5. The summed E-state index contributed by atoms with van der Waals surface area (Å²) in [6, 6.07) is -0.503. The number of nitrogens with one attached hydrogen (secondary N) is 1. The molecule has 0 aliphatic carbocycles. The molecule has 0 aromatic heterocycles. The Labute approximate surface area is 72.6 Å². The minimum absolute atomic E-state index is 0.503. The van der Waals surface area contributed by atoms with Crippen LogP contribution in [0.15, 0.2) is 37.0 Å². The Bertz CT molecular complexity index is 207. The van der Waals surface area contributed by atoms with Crippen LogP contribution < -0.4 is 11.1 Å². The third-order valence-electron chi connectivity index (χ3n) is 1.31. The number of nitrogens with two attached hydrogens (primary N) is 1. The van der Waals surface area contributed by atoms with E-state index in [-0.39, 0.29) is 0 Å². The molecule has 0 radical (unpaired) electrons. The van der Waals surface area contributed by atoms with Crippen LogP contribution in [-0.4, -0.2) is 12.6 Å². The molecule has 0 rings (SSSR count). The fourth-order valence-corrected chi connectivity index (χ4v) is 0.735. The van der Waals surface area contributed by atoms with E-state index in [0.29, 0.717) is 6.54 Å². The fraction of sp³-hybridized carbons (Fsp3) is 0.222. The van der Waals surface area contributed by atoms with Gasteiger partial charge in [-0.3, -0.25) is 0 Å². The summed E-state index contributed by atoms with van der Waals surface area (Å²) in [7, 11) is 0. The average Bonchev–Trinajstić information content (AvgIpc) is 2.02. The smallest absolute Gasteiger partial charge is 0.312 e. The van der Waals surface area contributed by atoms with Gasteiger partial charge in [0.05, 0.1) is 0 Å². The summed E-state index contributed by atoms with van der Waals surface area (Å²) in [5, 5.41) is 2.48. The Morgan fingerprint density at radius 2 is 2.17 bits per heavy atom. The van der Waals surface area contributed by atoms with Gasteiger partial charge in [-0.05, 0) is 12.0 Å². The Kier molecular flexibility index (Phi) is 5.43. The minimum atomic E-state index is -0.503. The summed E-state index contributed by atoms with van der Waals surface area (Å²) in [5.74, 6) is 0. The van der Waals surface area contributed by atoms with Gasteiger partial charge in [0.1, 0.15) is 0 Å². The van der Waals surface area contributed by atoms with E-state index in [1.165, 1.54) is 0 Å². The van der Waals surface area contributed by atoms with E-state index >= 15 is 0 Å². The third-order valence-corrected chi connectivity index (χ3v) is 1.31. The molecule has 0 bridgehead atoms. The van der Waals surface area contributed by atoms with Crippen LogP contribution in [0.4, 0.5) is 4.79 Å². The Balaban J connectivity index is 3.73. The fourth-order valence-electron chi connectivity index (χ4n) is 0.735. The molecule has 0 heterocycles. The lowest BCUT2D eigenvalue weighted by atomic mass is 10.2. The second-order valence-electron chi connectivity index (χ2n) is 2.22. The summed E-state index contributed by atoms with van der Waals surface area (Å²) in [5.41, 5.74) is 5.91. The van der Waals surface area contributed by atoms with Gasteiger partial charge in [-0.1, -0.05) is 31.4 Å². The maximum atomic E-state index is 10.3. The second kappa shape index (κ2) is 6.22. The van der Waals surface area contributed by atoms with Gasteiger partial charge < -0.3 is 11.1 Å². The number of amides is 2. The summed E-state index contributed by atoms with van der Waals surface area (Å²) in [6.07, 6.45) is 5.97. The van der Waals surface area contributed by atoms with E-state index in [1.807, 2.05) is 6.08 Å². The number of allylic oxidation sites excluding steroid dienone is 3. The number of hydrogen-bond acceptors (Lipinski definition) is 1. The quantitative estimate of drug-likeness (QED) is 0.595. The zero-order valence-electron chi connectivity index (χ0n) is 7.05. The normalized spacial score (nSPS) is 10.5. The predicted octanol–water partition coefficient (Wildman–Crippen LogP) is 1.34. The highest BCUT2D eigenvalue weighted by Gasteiger charge is 1.92. The molecule has 0 aromatic rings. The lowest BCUT2D eigenvalue weighted by Crippen LogP contribution is -2.30. The van der Waals surface area contributed by atoms with Crippen LogP contribution in [0.25, 0.3) is 0 Å². The Hall–Kier alpha value is -1.51. The molecule has 0 aliphatic heterocycles. The van der Waals surface area contributed by atoms with E-state index in [4.69, 9.17) is 5.73 Å². The Morgan fingerprint density at radius 3 is 2.58 bits per heavy atom. The van der Waals surface area contributed by atoms with Crippen LogP contribution in [-0.2, 0) is 0 Å². The first kappa shape index (κ1) is 10.5. The molecule has 0 spiro atoms. The average molecular weight is 166 g/mol. The van der Waals surface area contributed by atoms with Gasteiger partial charge in [0.15, 0.2) is 0 Å². The molecular weight excluding hydrogens is 152 g/mol. The highest BCUT2D eigenvalue weighted by molar-refractivity contribution is 5.71. The van der Waals surface area contributed by atoms with Crippen molar-refractivity contribution in [2.45, 2.75) is 6.42 Å². The number of primary amides is 1. The van der Waals surface area contributed by atoms with Gasteiger partial charge in [-0.2, -0.15) is 0 Å². The van der Waals surface area contributed by atoms with Crippen LogP contribution >= 0.6 is 0 Å². The molecule has 12 heavy (non-hydrogen) atoms. The van der Waals surface area contributed by atoms with Crippen molar-refractivity contribution in [2.75, 3.05) is 6.54 Å². The van der Waals surface area contributed by atoms with Crippen LogP contribution in [0, 0.1) is 0 Å². The van der Waals surface area contributed by atoms with Crippen molar-refractivity contribution >= 4 is 6.03 Å². The lowest BCUT2D eigenvalue weighted by molar-refractivity contribution is 0.249. The molecule has 66 valence electrons. The predicted molar refractivity (Wildman–Crippen MR) is 50.7 cm³/mol. The highest BCUT2D eigenvalue weighted by Crippen LogP contribution is 2.00. The number of hydrogen-bond donors (Lipinski definition) is 2. The van der Waals surface area contributed by atoms with Crippen molar-refractivity contribution in [2.24, 2.45) is 5.73 Å². The molecule has 0 fully saturated rings. The van der Waals surface area contributed by atoms with Crippen molar-refractivity contribution in [3.05, 3.63) is 37.0 Å². The highest BCUT2D eigenvalue weighted by atomic mass is 16.2. The molecular formula is C9H14N2O. The molecule has 0 atom stereocenters. The third kappa shape index (κ3) is 5.29. The molecule has 3 heteroatoms. The zero-order chi connectivity index (χ0) is 9.40. The van der Waals surface area contributed by atoms with Crippen molar-refractivity contribution in [1.82, 2.24) is 5.32 Å². The Morgan fingerprint density at radius 1 is 1.50 bits per heavy atom. The zero-order valence-corrected chi connectivity index (χ0v) is 7.05. The van der Waals surface area contributed by atoms with Crippen LogP contribution in [0.3, 0.4) is 0 Å². The van der Waals surface area contributed by atoms with Crippen molar-refractivity contribution in [3.8, 4) is 0 Å². The molecule has 0 unspecified atom stereocenters. The van der Waals surface area contributed by atoms with E-state index in [2.05, 4.69) is 18.5 Å². The van der Waals surface area contributed by atoms with Gasteiger partial charge in [0.25, 0.3) is 0 Å². The molecule has 0 aliphatic rings. The van der Waals surface area contributed by atoms with Gasteiger partial charge in [-0.25, -0.2) is 4.79 Å². The largest absolute Gasteiger partial charge is 0.352 e. The monoisotopic (exact) mass is 166 g/mol. The topological polar surface area (TPSA) is 55.1 Å². The maximum Gasteiger partial charge on any atom is 0.312 e. The van der Waals surface area contributed by atoms with Gasteiger partial charge >= 0.3 is 6.03 Å². The van der Waals surface area contributed by atoms with Crippen LogP contribution in [0.1, 0.15) is 6.42 Å². The molecule has 3 nitrogen and oxygen atoms in total. The first-order valence-electron chi connectivity index (χ1n) is 3.68. The maximum absolute atomic E-state index is 10.3. The van der Waals surface area contributed by atoms with Gasteiger partial charge in [0, 0.05) is 6.54 Å². The molecule has 0 saturated heterocycles. The van der Waals surface area contributed by atoms with Crippen molar-refractivity contribution in [1.29, 1.82) is 0 Å². The van der Waals surface area contributed by atoms with Crippen LogP contribution in [0.5, 0.6) is 0 Å². The summed E-state index contributed by atoms with van der Waals surface area (Å²) < 4.78 is 0. The lowest BCUT2D eigenvalue weighted by Gasteiger charge is -2.01. The number of urea groups is 1. The first-order chi connectivity index (χ1) is 5.70. The molecule has 2 amide bonds. The van der Waals surface area contributed by atoms with E-state index < -0.39 is 6.03 Å². The second-order valence-corrected chi connectivity index (χ2v) is 2.22. The number of carbonyl (C=O) groups is 1. The summed E-state index contributed by atoms with van der Waals surface area (Å²) >= 11 is 0. The van der Waals surface area contributed by atoms with Crippen LogP contribution in [0.2, 0.25) is 0 Å². The van der Waals surface area contributed by atoms with Crippen molar-refractivity contribution < 1.29 is 4.79 Å². The van der Waals surface area contributed by atoms with E-state index in [9.17, 15) is 4.79 Å². The molecule has 3 N–H and O–H groups in total. The number of carbonyl (C=O) groups excluding carboxylic acids is 1. The molecule has 0 aromatic carbocycles. The SMILES string of the molecule is C=C/C=C(\C=C)CCNC(N)=O. The van der Waals surface area contributed by atoms with Gasteiger partial charge in [0.2, 0.25) is 0 Å². The first-order valence-corrected chi connectivity index (χ1v) is 3.68. The van der Waals surface area contributed by atoms with E-state index in [0.717, 1.165) is 12.0 Å². The van der Waals surface area contributed by atoms with Crippen molar-refractivity contribution in [3.63, 3.8) is 0 Å². The van der Waals surface area contributed by atoms with Gasteiger partial charge in [-0.15, -0.1) is 0 Å². The minimum Gasteiger partial charge on any atom is -0.352 e.